The van der Waals surface area contributed by atoms with Crippen LogP contribution in [-0.2, 0) is 11.8 Å². The summed E-state index contributed by atoms with van der Waals surface area (Å²) < 4.78 is 1.96. The van der Waals surface area contributed by atoms with Crippen molar-refractivity contribution in [2.24, 2.45) is 12.1 Å². The minimum Gasteiger partial charge on any atom is -0.318 e. The number of carbonyl (C=O) groups is 1. The summed E-state index contributed by atoms with van der Waals surface area (Å²) >= 11 is 1.49. The summed E-state index contributed by atoms with van der Waals surface area (Å²) in [6.45, 7) is 0. The number of thiazole rings is 1. The Kier molecular flexibility index (Phi) is 4.16. The van der Waals surface area contributed by atoms with Crippen LogP contribution in [0.2, 0.25) is 0 Å². The molecule has 2 aromatic carbocycles. The van der Waals surface area contributed by atoms with Crippen molar-refractivity contribution in [1.82, 2.24) is 9.99 Å². The van der Waals surface area contributed by atoms with Gasteiger partial charge in [0.2, 0.25) is 11.2 Å². The number of hydrogen-bond acceptors (Lipinski definition) is 3. The van der Waals surface area contributed by atoms with Gasteiger partial charge >= 0.3 is 0 Å². The lowest BCUT2D eigenvalue weighted by Gasteiger charge is -2.05. The fourth-order valence-electron chi connectivity index (χ4n) is 2.28. The van der Waals surface area contributed by atoms with Gasteiger partial charge < -0.3 is 4.57 Å². The molecule has 0 atom stereocenters. The Morgan fingerprint density at radius 3 is 2.32 bits per heavy atom. The fourth-order valence-corrected chi connectivity index (χ4v) is 3.15. The molecule has 4 nitrogen and oxygen atoms in total. The minimum atomic E-state index is 0.564. The molecule has 0 unspecified atom stereocenters. The first-order valence-corrected chi connectivity index (χ1v) is 7.71. The van der Waals surface area contributed by atoms with Crippen molar-refractivity contribution < 1.29 is 4.79 Å². The van der Waals surface area contributed by atoms with E-state index >= 15 is 0 Å². The Morgan fingerprint density at radius 2 is 1.64 bits per heavy atom. The van der Waals surface area contributed by atoms with E-state index in [4.69, 9.17) is 0 Å². The molecule has 1 aromatic heterocycles. The second-order valence-corrected chi connectivity index (χ2v) is 5.60. The lowest BCUT2D eigenvalue weighted by Crippen LogP contribution is -2.16. The van der Waals surface area contributed by atoms with E-state index in [0.717, 1.165) is 16.1 Å². The monoisotopic (exact) mass is 309 g/mol. The molecule has 3 rings (SSSR count). The largest absolute Gasteiger partial charge is 0.318 e. The first kappa shape index (κ1) is 14.3. The Labute approximate surface area is 132 Å². The number of amides is 1. The highest BCUT2D eigenvalue weighted by atomic mass is 32.1. The molecule has 0 aliphatic heterocycles. The van der Waals surface area contributed by atoms with Gasteiger partial charge in [-0.1, -0.05) is 54.6 Å². The fraction of sp³-hybridized carbons (Fsp3) is 0.0588. The van der Waals surface area contributed by atoms with Crippen LogP contribution >= 0.6 is 11.3 Å². The zero-order valence-electron chi connectivity index (χ0n) is 12.1. The molecule has 0 spiro atoms. The van der Waals surface area contributed by atoms with Crippen LogP contribution < -0.4 is 10.2 Å². The normalized spacial score (nSPS) is 11.4. The summed E-state index contributed by atoms with van der Waals surface area (Å²) in [5, 5.41) is 6.03. The van der Waals surface area contributed by atoms with E-state index in [2.05, 4.69) is 46.9 Å². The summed E-state index contributed by atoms with van der Waals surface area (Å²) in [7, 11) is 1.93. The summed E-state index contributed by atoms with van der Waals surface area (Å²) in [4.78, 5) is 11.1. The molecule has 110 valence electrons. The summed E-state index contributed by atoms with van der Waals surface area (Å²) in [6, 6.07) is 18.7. The first-order chi connectivity index (χ1) is 10.8. The molecule has 0 aliphatic rings. The highest BCUT2D eigenvalue weighted by Crippen LogP contribution is 2.24. The van der Waals surface area contributed by atoms with Gasteiger partial charge in [0.15, 0.2) is 0 Å². The van der Waals surface area contributed by atoms with Crippen LogP contribution in [0, 0.1) is 0 Å². The maximum absolute atomic E-state index is 10.3. The van der Waals surface area contributed by atoms with Gasteiger partial charge in [-0.3, -0.25) is 4.79 Å². The van der Waals surface area contributed by atoms with E-state index in [1.165, 1.54) is 22.5 Å². The molecule has 0 fully saturated rings. The van der Waals surface area contributed by atoms with Crippen molar-refractivity contribution in [1.29, 1.82) is 0 Å². The molecule has 1 N–H and O–H groups in total. The second kappa shape index (κ2) is 6.41. The number of nitrogens with one attached hydrogen (secondary N) is 1. The second-order valence-electron chi connectivity index (χ2n) is 4.76. The molecule has 0 aliphatic carbocycles. The van der Waals surface area contributed by atoms with Crippen LogP contribution in [0.15, 0.2) is 65.1 Å². The molecular weight excluding hydrogens is 294 g/mol. The van der Waals surface area contributed by atoms with Crippen molar-refractivity contribution in [2.45, 2.75) is 0 Å². The number of hydrogen-bond donors (Lipinski definition) is 1. The van der Waals surface area contributed by atoms with Gasteiger partial charge in [0.25, 0.3) is 0 Å². The van der Waals surface area contributed by atoms with Gasteiger partial charge in [-0.2, -0.15) is 0 Å². The van der Waals surface area contributed by atoms with E-state index in [0.29, 0.717) is 6.41 Å². The number of benzene rings is 2. The third kappa shape index (κ3) is 2.84. The molecule has 1 amide bonds. The van der Waals surface area contributed by atoms with Gasteiger partial charge in [0, 0.05) is 12.4 Å². The Bertz CT molecular complexity index is 832. The van der Waals surface area contributed by atoms with E-state index in [1.807, 2.05) is 35.2 Å². The van der Waals surface area contributed by atoms with Gasteiger partial charge in [-0.25, -0.2) is 5.43 Å². The summed E-state index contributed by atoms with van der Waals surface area (Å²) in [6.07, 6.45) is 0.564. The zero-order valence-corrected chi connectivity index (χ0v) is 12.9. The third-order valence-electron chi connectivity index (χ3n) is 3.42. The van der Waals surface area contributed by atoms with Crippen LogP contribution in [0.4, 0.5) is 0 Å². The van der Waals surface area contributed by atoms with Crippen LogP contribution in [0.5, 0.6) is 0 Å². The predicted molar refractivity (Wildman–Crippen MR) is 88.9 cm³/mol. The molecule has 0 radical (unpaired) electrons. The number of nitrogens with zero attached hydrogens (tertiary/aromatic N) is 2. The molecule has 0 saturated heterocycles. The van der Waals surface area contributed by atoms with E-state index in [1.54, 1.807) is 0 Å². The molecule has 1 heterocycles. The highest BCUT2D eigenvalue weighted by molar-refractivity contribution is 7.07. The molecule has 0 bridgehead atoms. The molecule has 0 saturated carbocycles. The number of rotatable bonds is 4. The topological polar surface area (TPSA) is 46.4 Å². The predicted octanol–water partition coefficient (Wildman–Crippen LogP) is 2.98. The maximum atomic E-state index is 10.3. The minimum absolute atomic E-state index is 0.564. The molecule has 3 aromatic rings. The van der Waals surface area contributed by atoms with Crippen LogP contribution in [-0.4, -0.2) is 11.0 Å². The van der Waals surface area contributed by atoms with Crippen molar-refractivity contribution in [2.75, 3.05) is 0 Å². The molecule has 22 heavy (non-hydrogen) atoms. The standard InChI is InChI=1S/C17H15N3OS/c1-20-16(11-22-17(20)19-18-12-21)15-9-7-14(8-10-15)13-5-3-2-4-6-13/h2-12H,1H3,(H,18,21). The van der Waals surface area contributed by atoms with Crippen molar-refractivity contribution >= 4 is 17.7 Å². The lowest BCUT2D eigenvalue weighted by molar-refractivity contribution is -0.109. The average Bonchev–Trinajstić information content (AvgIpc) is 2.95. The summed E-state index contributed by atoms with van der Waals surface area (Å²) in [5.74, 6) is 0. The Balaban J connectivity index is 1.94. The SMILES string of the molecule is Cn1c(-c2ccc(-c3ccccc3)cc2)csc1=NNC=O. The Hall–Kier alpha value is -2.66. The van der Waals surface area contributed by atoms with Gasteiger partial charge in [-0.05, 0) is 16.7 Å². The van der Waals surface area contributed by atoms with Crippen molar-refractivity contribution in [3.8, 4) is 22.4 Å². The van der Waals surface area contributed by atoms with Gasteiger partial charge in [0.05, 0.1) is 5.69 Å². The van der Waals surface area contributed by atoms with E-state index in [-0.39, 0.29) is 0 Å². The smallest absolute Gasteiger partial charge is 0.227 e. The van der Waals surface area contributed by atoms with Gasteiger partial charge in [-0.15, -0.1) is 16.4 Å². The van der Waals surface area contributed by atoms with Crippen molar-refractivity contribution in [3.63, 3.8) is 0 Å². The van der Waals surface area contributed by atoms with Gasteiger partial charge in [0.1, 0.15) is 0 Å². The maximum Gasteiger partial charge on any atom is 0.227 e. The number of aromatic nitrogens is 1. The van der Waals surface area contributed by atoms with Crippen LogP contribution in [0.3, 0.4) is 0 Å². The highest BCUT2D eigenvalue weighted by Gasteiger charge is 2.05. The molecular formula is C17H15N3OS. The quantitative estimate of drug-likeness (QED) is 0.584. The third-order valence-corrected chi connectivity index (χ3v) is 4.34. The summed E-state index contributed by atoms with van der Waals surface area (Å²) in [5.41, 5.74) is 6.91. The average molecular weight is 309 g/mol. The number of carbonyl (C=O) groups excluding carboxylic acids is 1. The van der Waals surface area contributed by atoms with E-state index in [9.17, 15) is 4.79 Å². The van der Waals surface area contributed by atoms with Crippen molar-refractivity contribution in [3.05, 3.63) is 64.8 Å². The van der Waals surface area contributed by atoms with E-state index < -0.39 is 0 Å². The lowest BCUT2D eigenvalue weighted by atomic mass is 10.0. The Morgan fingerprint density at radius 1 is 1.00 bits per heavy atom. The molecule has 5 heteroatoms. The van der Waals surface area contributed by atoms with Crippen LogP contribution in [0.25, 0.3) is 22.4 Å². The first-order valence-electron chi connectivity index (χ1n) is 6.83. The van der Waals surface area contributed by atoms with Crippen LogP contribution in [0.1, 0.15) is 0 Å². The zero-order chi connectivity index (χ0) is 15.4.